The van der Waals surface area contributed by atoms with E-state index in [1.54, 1.807) is 24.3 Å². The number of benzene rings is 3. The average molecular weight is 515 g/mol. The molecular formula is C22H15BrN2O6S. The maximum atomic E-state index is 11.1. The Bertz CT molecular complexity index is 1460. The first-order valence-corrected chi connectivity index (χ1v) is 10.2. The Morgan fingerprint density at radius 2 is 1.59 bits per heavy atom. The van der Waals surface area contributed by atoms with Crippen molar-refractivity contribution in [2.75, 3.05) is 0 Å². The van der Waals surface area contributed by atoms with Crippen molar-refractivity contribution in [3.8, 4) is 51.2 Å². The summed E-state index contributed by atoms with van der Waals surface area (Å²) in [5, 5.41) is 51.8. The SMILES string of the molecule is NC(=S)/N=c1/c(O)c(-c2ccc(O)cc2O)oc2cc(O)c(-c3ccc(Br)cc3)c(O)c12. The van der Waals surface area contributed by atoms with Gasteiger partial charge >= 0.3 is 0 Å². The number of fused-ring (bicyclic) bond motifs is 1. The van der Waals surface area contributed by atoms with E-state index in [1.165, 1.54) is 18.2 Å². The van der Waals surface area contributed by atoms with Crippen molar-refractivity contribution in [3.63, 3.8) is 0 Å². The third-order valence-corrected chi connectivity index (χ3v) is 5.33. The third-order valence-electron chi connectivity index (χ3n) is 4.71. The minimum Gasteiger partial charge on any atom is -0.508 e. The van der Waals surface area contributed by atoms with Gasteiger partial charge in [-0.25, -0.2) is 4.99 Å². The Kier molecular flexibility index (Phi) is 5.41. The van der Waals surface area contributed by atoms with E-state index >= 15 is 0 Å². The lowest BCUT2D eigenvalue weighted by molar-refractivity contribution is 0.433. The van der Waals surface area contributed by atoms with Gasteiger partial charge in [-0.3, -0.25) is 0 Å². The maximum absolute atomic E-state index is 11.1. The number of phenolic OH excluding ortho intramolecular Hbond substituents is 4. The van der Waals surface area contributed by atoms with Crippen LogP contribution in [0, 0.1) is 0 Å². The van der Waals surface area contributed by atoms with Crippen molar-refractivity contribution in [3.05, 3.63) is 58.4 Å². The van der Waals surface area contributed by atoms with Gasteiger partial charge in [-0.1, -0.05) is 28.1 Å². The Balaban J connectivity index is 2.13. The lowest BCUT2D eigenvalue weighted by Gasteiger charge is -2.14. The summed E-state index contributed by atoms with van der Waals surface area (Å²) in [5.41, 5.74) is 6.11. The number of nitrogens with two attached hydrogens (primary N) is 1. The van der Waals surface area contributed by atoms with Gasteiger partial charge in [0.05, 0.1) is 16.5 Å². The van der Waals surface area contributed by atoms with Gasteiger partial charge < -0.3 is 35.7 Å². The molecule has 1 aromatic heterocycles. The number of halogens is 1. The highest BCUT2D eigenvalue weighted by Crippen LogP contribution is 2.45. The smallest absolute Gasteiger partial charge is 0.190 e. The number of rotatable bonds is 2. The lowest BCUT2D eigenvalue weighted by Crippen LogP contribution is -2.14. The zero-order valence-electron chi connectivity index (χ0n) is 16.1. The lowest BCUT2D eigenvalue weighted by atomic mass is 9.99. The first-order valence-electron chi connectivity index (χ1n) is 9.04. The summed E-state index contributed by atoms with van der Waals surface area (Å²) in [6, 6.07) is 11.7. The number of nitrogens with zero attached hydrogens (tertiary/aromatic N) is 1. The molecule has 10 heteroatoms. The summed E-state index contributed by atoms with van der Waals surface area (Å²) in [6.07, 6.45) is 0. The Morgan fingerprint density at radius 1 is 0.906 bits per heavy atom. The third kappa shape index (κ3) is 3.70. The largest absolute Gasteiger partial charge is 0.508 e. The molecule has 0 aliphatic rings. The molecule has 162 valence electrons. The number of aromatic hydroxyl groups is 5. The minimum absolute atomic E-state index is 0.0255. The molecule has 7 N–H and O–H groups in total. The molecule has 0 aliphatic carbocycles. The molecule has 0 fully saturated rings. The van der Waals surface area contributed by atoms with Gasteiger partial charge in [0, 0.05) is 16.6 Å². The molecule has 0 spiro atoms. The highest BCUT2D eigenvalue weighted by atomic mass is 79.9. The first kappa shape index (κ1) is 21.5. The highest BCUT2D eigenvalue weighted by molar-refractivity contribution is 9.10. The fraction of sp³-hybridized carbons (Fsp3) is 0. The van der Waals surface area contributed by atoms with E-state index in [-0.39, 0.29) is 55.6 Å². The van der Waals surface area contributed by atoms with Crippen molar-refractivity contribution >= 4 is 44.2 Å². The zero-order chi connectivity index (χ0) is 23.2. The van der Waals surface area contributed by atoms with Crippen molar-refractivity contribution < 1.29 is 29.9 Å². The van der Waals surface area contributed by atoms with Crippen molar-refractivity contribution in [2.45, 2.75) is 0 Å². The second kappa shape index (κ2) is 8.06. The molecular weight excluding hydrogens is 500 g/mol. The van der Waals surface area contributed by atoms with E-state index in [4.69, 9.17) is 22.4 Å². The van der Waals surface area contributed by atoms with Crippen LogP contribution < -0.4 is 11.1 Å². The summed E-state index contributed by atoms with van der Waals surface area (Å²) in [4.78, 5) is 3.98. The van der Waals surface area contributed by atoms with E-state index in [2.05, 4.69) is 20.9 Å². The van der Waals surface area contributed by atoms with Gasteiger partial charge in [-0.2, -0.15) is 0 Å². The monoisotopic (exact) mass is 514 g/mol. The van der Waals surface area contributed by atoms with Crippen LogP contribution in [0.15, 0.2) is 62.4 Å². The standard InChI is InChI=1S/C22H15BrN2O6S/c23-10-3-1-9(2-4-10)16-14(28)8-15-17(19(16)29)18(25-22(24)32)20(30)21(31-15)12-6-5-11(26)7-13(12)27/h1-8,26-30H,(H2,24,32)/b25-18+. The summed E-state index contributed by atoms with van der Waals surface area (Å²) in [6.45, 7) is 0. The molecule has 3 aromatic carbocycles. The van der Waals surface area contributed by atoms with Gasteiger partial charge in [0.15, 0.2) is 16.6 Å². The minimum atomic E-state index is -0.561. The molecule has 0 saturated heterocycles. The maximum Gasteiger partial charge on any atom is 0.190 e. The predicted molar refractivity (Wildman–Crippen MR) is 125 cm³/mol. The molecule has 0 atom stereocenters. The molecule has 8 nitrogen and oxygen atoms in total. The predicted octanol–water partition coefficient (Wildman–Crippen LogP) is 4.20. The van der Waals surface area contributed by atoms with Gasteiger partial charge in [-0.15, -0.1) is 0 Å². The van der Waals surface area contributed by atoms with E-state index in [1.807, 2.05) is 0 Å². The molecule has 1 heterocycles. The van der Waals surface area contributed by atoms with Crippen LogP contribution in [0.2, 0.25) is 0 Å². The molecule has 0 unspecified atom stereocenters. The van der Waals surface area contributed by atoms with Crippen LogP contribution in [0.1, 0.15) is 0 Å². The van der Waals surface area contributed by atoms with Gasteiger partial charge in [0.2, 0.25) is 0 Å². The number of phenols is 4. The molecule has 0 aliphatic heterocycles. The van der Waals surface area contributed by atoms with Gasteiger partial charge in [0.25, 0.3) is 0 Å². The van der Waals surface area contributed by atoms with E-state index in [9.17, 15) is 25.5 Å². The number of thiocarbonyl (C=S) groups is 1. The topological polar surface area (TPSA) is 153 Å². The van der Waals surface area contributed by atoms with Crippen LogP contribution in [0.25, 0.3) is 33.4 Å². The van der Waals surface area contributed by atoms with E-state index in [0.717, 1.165) is 10.5 Å². The fourth-order valence-corrected chi connectivity index (χ4v) is 3.70. The average Bonchev–Trinajstić information content (AvgIpc) is 2.71. The number of hydrogen-bond acceptors (Lipinski definition) is 7. The Morgan fingerprint density at radius 3 is 2.22 bits per heavy atom. The molecule has 0 saturated carbocycles. The highest BCUT2D eigenvalue weighted by Gasteiger charge is 2.23. The van der Waals surface area contributed by atoms with Crippen molar-refractivity contribution in [1.29, 1.82) is 0 Å². The van der Waals surface area contributed by atoms with Crippen LogP contribution in [-0.4, -0.2) is 30.6 Å². The zero-order valence-corrected chi connectivity index (χ0v) is 18.5. The van der Waals surface area contributed by atoms with E-state index in [0.29, 0.717) is 5.56 Å². The Hall–Kier alpha value is -3.76. The van der Waals surface area contributed by atoms with Crippen molar-refractivity contribution in [2.24, 2.45) is 10.7 Å². The van der Waals surface area contributed by atoms with Gasteiger partial charge in [-0.05, 0) is 42.0 Å². The fourth-order valence-electron chi connectivity index (χ4n) is 3.34. The molecule has 4 rings (SSSR count). The first-order chi connectivity index (χ1) is 15.2. The summed E-state index contributed by atoms with van der Waals surface area (Å²) >= 11 is 8.19. The van der Waals surface area contributed by atoms with E-state index < -0.39 is 11.5 Å². The molecule has 0 radical (unpaired) electrons. The second-order valence-electron chi connectivity index (χ2n) is 6.78. The van der Waals surface area contributed by atoms with Crippen LogP contribution in [-0.2, 0) is 0 Å². The summed E-state index contributed by atoms with van der Waals surface area (Å²) in [5.74, 6) is -2.10. The molecule has 0 bridgehead atoms. The quantitative estimate of drug-likeness (QED) is 0.217. The van der Waals surface area contributed by atoms with Crippen molar-refractivity contribution in [1.82, 2.24) is 0 Å². The summed E-state index contributed by atoms with van der Waals surface area (Å²) < 4.78 is 6.53. The molecule has 32 heavy (non-hydrogen) atoms. The van der Waals surface area contributed by atoms with Gasteiger partial charge in [0.1, 0.15) is 33.9 Å². The normalized spacial score (nSPS) is 11.7. The molecule has 4 aromatic rings. The van der Waals surface area contributed by atoms with Crippen LogP contribution in [0.4, 0.5) is 0 Å². The summed E-state index contributed by atoms with van der Waals surface area (Å²) in [7, 11) is 0. The van der Waals surface area contributed by atoms with Crippen LogP contribution >= 0.6 is 28.1 Å². The van der Waals surface area contributed by atoms with Crippen LogP contribution in [0.5, 0.6) is 28.7 Å². The Labute approximate surface area is 194 Å². The number of hydrogen-bond donors (Lipinski definition) is 6. The second-order valence-corrected chi connectivity index (χ2v) is 8.11. The van der Waals surface area contributed by atoms with Crippen LogP contribution in [0.3, 0.4) is 0 Å². The molecule has 0 amide bonds.